The molecule has 2 aromatic rings. The van der Waals surface area contributed by atoms with E-state index in [0.717, 1.165) is 11.1 Å². The van der Waals surface area contributed by atoms with Crippen molar-refractivity contribution < 1.29 is 19.4 Å². The number of aromatic hydroxyl groups is 1. The van der Waals surface area contributed by atoms with Crippen LogP contribution < -0.4 is 4.74 Å². The van der Waals surface area contributed by atoms with Gasteiger partial charge in [0.25, 0.3) is 0 Å². The van der Waals surface area contributed by atoms with E-state index in [9.17, 15) is 9.90 Å². The second kappa shape index (κ2) is 7.13. The van der Waals surface area contributed by atoms with Gasteiger partial charge < -0.3 is 14.6 Å². The molecule has 4 nitrogen and oxygen atoms in total. The van der Waals surface area contributed by atoms with Crippen LogP contribution in [0.25, 0.3) is 12.2 Å². The van der Waals surface area contributed by atoms with Crippen LogP contribution in [0.5, 0.6) is 11.5 Å². The topological polar surface area (TPSA) is 55.8 Å². The lowest BCUT2D eigenvalue weighted by Crippen LogP contribution is -2.00. The maximum atomic E-state index is 11.4. The smallest absolute Gasteiger partial charge is 0.337 e. The summed E-state index contributed by atoms with van der Waals surface area (Å²) in [4.78, 5) is 11.4. The third-order valence-corrected chi connectivity index (χ3v) is 3.95. The molecule has 0 aliphatic carbocycles. The fourth-order valence-corrected chi connectivity index (χ4v) is 2.35. The first-order chi connectivity index (χ1) is 10.6. The summed E-state index contributed by atoms with van der Waals surface area (Å²) in [5.41, 5.74) is 2.24. The van der Waals surface area contributed by atoms with Crippen LogP contribution in [0.2, 0.25) is 0 Å². The normalized spacial score (nSPS) is 10.7. The molecule has 0 aliphatic rings. The van der Waals surface area contributed by atoms with Crippen molar-refractivity contribution in [2.75, 3.05) is 14.2 Å². The van der Waals surface area contributed by atoms with Gasteiger partial charge >= 0.3 is 5.97 Å². The van der Waals surface area contributed by atoms with Gasteiger partial charge in [-0.25, -0.2) is 4.79 Å². The molecule has 0 saturated heterocycles. The predicted octanol–water partition coefficient (Wildman–Crippen LogP) is 4.12. The number of halogens is 1. The molecule has 0 amide bonds. The first-order valence-electron chi connectivity index (χ1n) is 6.48. The minimum absolute atomic E-state index is 0.0608. The van der Waals surface area contributed by atoms with Crippen molar-refractivity contribution in [3.63, 3.8) is 0 Å². The summed E-state index contributed by atoms with van der Waals surface area (Å²) < 4.78 is 10.3. The molecular weight excluding hydrogens is 348 g/mol. The Bertz CT molecular complexity index is 705. The number of rotatable bonds is 4. The van der Waals surface area contributed by atoms with Gasteiger partial charge in [0.05, 0.1) is 24.3 Å². The highest BCUT2D eigenvalue weighted by molar-refractivity contribution is 9.10. The predicted molar refractivity (Wildman–Crippen MR) is 89.1 cm³/mol. The second-order valence-corrected chi connectivity index (χ2v) is 5.26. The van der Waals surface area contributed by atoms with Gasteiger partial charge in [-0.05, 0) is 51.3 Å². The lowest BCUT2D eigenvalue weighted by atomic mass is 10.1. The van der Waals surface area contributed by atoms with E-state index in [1.54, 1.807) is 18.2 Å². The summed E-state index contributed by atoms with van der Waals surface area (Å²) in [7, 11) is 2.85. The molecule has 0 spiro atoms. The van der Waals surface area contributed by atoms with E-state index >= 15 is 0 Å². The number of phenolic OH excluding ortho intramolecular Hbond substituents is 1. The number of hydrogen-bond donors (Lipinski definition) is 1. The number of ether oxygens (including phenoxy) is 2. The standard InChI is InChI=1S/C17H15BrO4/c1-21-14-10-9-12(15(18)16(14)19)6-3-11-4-7-13(8-5-11)17(20)22-2/h3-10,19H,1-2H3/b6-3+. The van der Waals surface area contributed by atoms with Gasteiger partial charge in [-0.3, -0.25) is 0 Å². The molecule has 0 atom stereocenters. The van der Waals surface area contributed by atoms with Crippen molar-refractivity contribution in [2.24, 2.45) is 0 Å². The van der Waals surface area contributed by atoms with Gasteiger partial charge in [-0.1, -0.05) is 24.3 Å². The highest BCUT2D eigenvalue weighted by Gasteiger charge is 2.09. The summed E-state index contributed by atoms with van der Waals surface area (Å²) in [6.07, 6.45) is 3.74. The van der Waals surface area contributed by atoms with Crippen molar-refractivity contribution in [3.8, 4) is 11.5 Å². The van der Waals surface area contributed by atoms with Crippen molar-refractivity contribution >= 4 is 34.1 Å². The van der Waals surface area contributed by atoms with Crippen LogP contribution in [-0.2, 0) is 4.74 Å². The minimum atomic E-state index is -0.363. The van der Waals surface area contributed by atoms with Gasteiger partial charge in [0.15, 0.2) is 11.5 Å². The van der Waals surface area contributed by atoms with Crippen LogP contribution in [0.1, 0.15) is 21.5 Å². The van der Waals surface area contributed by atoms with E-state index in [-0.39, 0.29) is 11.7 Å². The second-order valence-electron chi connectivity index (χ2n) is 4.47. The molecule has 0 aromatic heterocycles. The van der Waals surface area contributed by atoms with Crippen LogP contribution in [-0.4, -0.2) is 25.3 Å². The van der Waals surface area contributed by atoms with Gasteiger partial charge in [0.2, 0.25) is 0 Å². The Kier molecular flexibility index (Phi) is 5.22. The molecule has 0 heterocycles. The van der Waals surface area contributed by atoms with E-state index in [1.807, 2.05) is 30.4 Å². The molecule has 5 heteroatoms. The Hall–Kier alpha value is -2.27. The van der Waals surface area contributed by atoms with E-state index in [1.165, 1.54) is 14.2 Å². The van der Waals surface area contributed by atoms with E-state index in [0.29, 0.717) is 15.8 Å². The molecule has 1 N–H and O–H groups in total. The Morgan fingerprint density at radius 1 is 1.09 bits per heavy atom. The molecule has 0 aliphatic heterocycles. The van der Waals surface area contributed by atoms with Gasteiger partial charge in [-0.2, -0.15) is 0 Å². The van der Waals surface area contributed by atoms with Crippen molar-refractivity contribution in [3.05, 3.63) is 57.6 Å². The summed E-state index contributed by atoms with van der Waals surface area (Å²) >= 11 is 3.34. The van der Waals surface area contributed by atoms with Gasteiger partial charge in [-0.15, -0.1) is 0 Å². The van der Waals surface area contributed by atoms with Crippen LogP contribution in [0.15, 0.2) is 40.9 Å². The maximum Gasteiger partial charge on any atom is 0.337 e. The fraction of sp³-hybridized carbons (Fsp3) is 0.118. The molecule has 0 fully saturated rings. The number of carbonyl (C=O) groups is 1. The highest BCUT2D eigenvalue weighted by atomic mass is 79.9. The van der Waals surface area contributed by atoms with Crippen molar-refractivity contribution in [2.45, 2.75) is 0 Å². The van der Waals surface area contributed by atoms with Crippen molar-refractivity contribution in [1.29, 1.82) is 0 Å². The molecular formula is C17H15BrO4. The molecule has 114 valence electrons. The third kappa shape index (κ3) is 3.49. The Morgan fingerprint density at radius 3 is 2.36 bits per heavy atom. The molecule has 0 saturated carbocycles. The molecule has 2 aromatic carbocycles. The number of phenols is 1. The Morgan fingerprint density at radius 2 is 1.77 bits per heavy atom. The van der Waals surface area contributed by atoms with E-state index in [4.69, 9.17) is 4.74 Å². The highest BCUT2D eigenvalue weighted by Crippen LogP contribution is 2.37. The Balaban J connectivity index is 2.22. The van der Waals surface area contributed by atoms with Crippen LogP contribution in [0, 0.1) is 0 Å². The van der Waals surface area contributed by atoms with E-state index < -0.39 is 0 Å². The SMILES string of the molecule is COC(=O)c1ccc(/C=C/c2ccc(OC)c(O)c2Br)cc1. The zero-order valence-corrected chi connectivity index (χ0v) is 13.8. The largest absolute Gasteiger partial charge is 0.503 e. The lowest BCUT2D eigenvalue weighted by Gasteiger charge is -2.07. The summed E-state index contributed by atoms with van der Waals surface area (Å²) in [6.45, 7) is 0. The summed E-state index contributed by atoms with van der Waals surface area (Å²) in [6, 6.07) is 10.6. The van der Waals surface area contributed by atoms with Crippen LogP contribution >= 0.6 is 15.9 Å². The number of methoxy groups -OCH3 is 2. The third-order valence-electron chi connectivity index (χ3n) is 3.12. The average molecular weight is 363 g/mol. The number of hydrogen-bond acceptors (Lipinski definition) is 4. The van der Waals surface area contributed by atoms with Crippen molar-refractivity contribution in [1.82, 2.24) is 0 Å². The molecule has 0 unspecified atom stereocenters. The summed E-state index contributed by atoms with van der Waals surface area (Å²) in [5.74, 6) is 0.107. The first-order valence-corrected chi connectivity index (χ1v) is 7.28. The number of esters is 1. The lowest BCUT2D eigenvalue weighted by molar-refractivity contribution is 0.0600. The monoisotopic (exact) mass is 362 g/mol. The zero-order chi connectivity index (χ0) is 16.1. The average Bonchev–Trinajstić information content (AvgIpc) is 2.56. The number of carbonyl (C=O) groups excluding carboxylic acids is 1. The maximum absolute atomic E-state index is 11.4. The molecule has 22 heavy (non-hydrogen) atoms. The number of benzene rings is 2. The van der Waals surface area contributed by atoms with Crippen LogP contribution in [0.4, 0.5) is 0 Å². The van der Waals surface area contributed by atoms with Gasteiger partial charge in [0.1, 0.15) is 0 Å². The van der Waals surface area contributed by atoms with Gasteiger partial charge in [0, 0.05) is 0 Å². The molecule has 0 bridgehead atoms. The molecule has 0 radical (unpaired) electrons. The van der Waals surface area contributed by atoms with E-state index in [2.05, 4.69) is 20.7 Å². The Labute approximate surface area is 137 Å². The first kappa shape index (κ1) is 16.1. The minimum Gasteiger partial charge on any atom is -0.503 e. The van der Waals surface area contributed by atoms with Crippen LogP contribution in [0.3, 0.4) is 0 Å². The zero-order valence-electron chi connectivity index (χ0n) is 12.2. The molecule has 2 rings (SSSR count). The summed E-state index contributed by atoms with van der Waals surface area (Å²) in [5, 5.41) is 9.94. The quantitative estimate of drug-likeness (QED) is 0.656. The fourth-order valence-electron chi connectivity index (χ4n) is 1.89.